The second kappa shape index (κ2) is 8.25. The lowest BCUT2D eigenvalue weighted by Crippen LogP contribution is -3.27. The summed E-state index contributed by atoms with van der Waals surface area (Å²) in [4.78, 5) is 11.7. The smallest absolute Gasteiger partial charge is 0.363 e. The fraction of sp³-hybridized carbons (Fsp3) is 0.400. The number of rotatable bonds is 5. The van der Waals surface area contributed by atoms with E-state index in [4.69, 9.17) is 0 Å². The number of para-hydroxylation sites is 1. The Kier molecular flexibility index (Phi) is 5.71. The SMILES string of the molecule is C[NH+]1CC[NH+]([C@H](CNc2nc(C(F)(F)F)nc3ccccc23)c2cccs2)CC1. The average Bonchev–Trinajstić information content (AvgIpc) is 3.23. The molecule has 0 saturated carbocycles. The first-order valence-corrected chi connectivity index (χ1v) is 10.6. The number of aromatic nitrogens is 2. The molecular formula is C20H24F3N5S+2. The number of likely N-dealkylation sites (N-methyl/N-ethyl adjacent to an activating group) is 1. The minimum Gasteiger partial charge on any atom is -0.363 e. The number of fused-ring (bicyclic) bond motifs is 1. The number of anilines is 1. The lowest BCUT2D eigenvalue weighted by atomic mass is 10.1. The van der Waals surface area contributed by atoms with E-state index < -0.39 is 12.0 Å². The van der Waals surface area contributed by atoms with E-state index in [1.54, 1.807) is 35.6 Å². The minimum absolute atomic E-state index is 0.172. The molecule has 0 bridgehead atoms. The maximum atomic E-state index is 13.3. The standard InChI is InChI=1S/C20H22F3N5S/c1-27-8-10-28(11-9-27)16(17-7-4-12-29-17)13-24-18-14-5-2-3-6-15(14)25-19(26-18)20(21,22)23/h2-7,12,16H,8-11,13H2,1H3,(H,24,25,26)/p+2/t16-/m1/s1. The monoisotopic (exact) mass is 423 g/mol. The Bertz CT molecular complexity index is 952. The summed E-state index contributed by atoms with van der Waals surface area (Å²) >= 11 is 1.69. The predicted octanol–water partition coefficient (Wildman–Crippen LogP) is 1.28. The lowest BCUT2D eigenvalue weighted by Gasteiger charge is -2.33. The zero-order valence-electron chi connectivity index (χ0n) is 16.1. The number of nitrogens with one attached hydrogen (secondary N) is 3. The molecule has 0 aliphatic carbocycles. The van der Waals surface area contributed by atoms with Gasteiger partial charge in [-0.2, -0.15) is 13.2 Å². The first-order valence-electron chi connectivity index (χ1n) is 9.69. The molecule has 5 nitrogen and oxygen atoms in total. The van der Waals surface area contributed by atoms with Crippen molar-refractivity contribution in [2.45, 2.75) is 12.2 Å². The van der Waals surface area contributed by atoms with Gasteiger partial charge in [0.25, 0.3) is 0 Å². The topological polar surface area (TPSA) is 46.7 Å². The van der Waals surface area contributed by atoms with E-state index in [2.05, 4.69) is 28.4 Å². The van der Waals surface area contributed by atoms with Crippen molar-refractivity contribution >= 4 is 28.1 Å². The Morgan fingerprint density at radius 2 is 1.83 bits per heavy atom. The Balaban J connectivity index is 1.62. The van der Waals surface area contributed by atoms with Crippen LogP contribution in [0.15, 0.2) is 41.8 Å². The summed E-state index contributed by atoms with van der Waals surface area (Å²) in [5.41, 5.74) is 0.292. The van der Waals surface area contributed by atoms with Crippen LogP contribution in [0.4, 0.5) is 19.0 Å². The number of alkyl halides is 3. The van der Waals surface area contributed by atoms with Gasteiger partial charge in [-0.05, 0) is 23.6 Å². The molecule has 2 aromatic heterocycles. The molecule has 1 aliphatic rings. The van der Waals surface area contributed by atoms with Crippen molar-refractivity contribution in [1.82, 2.24) is 9.97 Å². The van der Waals surface area contributed by atoms with Gasteiger partial charge in [0.05, 0.1) is 24.0 Å². The van der Waals surface area contributed by atoms with Crippen molar-refractivity contribution in [3.05, 3.63) is 52.5 Å². The van der Waals surface area contributed by atoms with Crippen LogP contribution in [0.3, 0.4) is 0 Å². The van der Waals surface area contributed by atoms with E-state index >= 15 is 0 Å². The van der Waals surface area contributed by atoms with E-state index in [9.17, 15) is 13.2 Å². The van der Waals surface area contributed by atoms with Crippen LogP contribution in [0.1, 0.15) is 16.7 Å². The Labute approximate surface area is 171 Å². The molecule has 0 amide bonds. The van der Waals surface area contributed by atoms with Gasteiger partial charge in [-0.1, -0.05) is 18.2 Å². The molecule has 0 radical (unpaired) electrons. The van der Waals surface area contributed by atoms with Crippen molar-refractivity contribution in [2.75, 3.05) is 45.1 Å². The van der Waals surface area contributed by atoms with Crippen LogP contribution in [-0.2, 0) is 6.18 Å². The van der Waals surface area contributed by atoms with E-state index in [1.165, 1.54) is 14.7 Å². The number of hydrogen-bond donors (Lipinski definition) is 3. The van der Waals surface area contributed by atoms with E-state index in [0.29, 0.717) is 17.4 Å². The van der Waals surface area contributed by atoms with Crippen LogP contribution in [-0.4, -0.2) is 49.7 Å². The highest BCUT2D eigenvalue weighted by Gasteiger charge is 2.36. The maximum absolute atomic E-state index is 13.3. The average molecular weight is 424 g/mol. The molecule has 154 valence electrons. The highest BCUT2D eigenvalue weighted by molar-refractivity contribution is 7.10. The quantitative estimate of drug-likeness (QED) is 0.580. The summed E-state index contributed by atoms with van der Waals surface area (Å²) in [6.45, 7) is 4.77. The first kappa shape index (κ1) is 20.1. The molecule has 1 aliphatic heterocycles. The number of quaternary nitrogens is 2. The lowest BCUT2D eigenvalue weighted by molar-refractivity contribution is -1.02. The van der Waals surface area contributed by atoms with Crippen LogP contribution < -0.4 is 15.1 Å². The van der Waals surface area contributed by atoms with Gasteiger partial charge in [0.1, 0.15) is 38.0 Å². The van der Waals surface area contributed by atoms with Crippen LogP contribution in [0.25, 0.3) is 10.9 Å². The van der Waals surface area contributed by atoms with Crippen LogP contribution >= 0.6 is 11.3 Å². The van der Waals surface area contributed by atoms with Crippen molar-refractivity contribution in [3.8, 4) is 0 Å². The van der Waals surface area contributed by atoms with Crippen molar-refractivity contribution in [1.29, 1.82) is 0 Å². The third-order valence-corrected chi connectivity index (χ3v) is 6.44. The number of thiophene rings is 1. The van der Waals surface area contributed by atoms with Crippen LogP contribution in [0, 0.1) is 0 Å². The van der Waals surface area contributed by atoms with Crippen LogP contribution in [0.5, 0.6) is 0 Å². The van der Waals surface area contributed by atoms with Gasteiger partial charge in [0.15, 0.2) is 0 Å². The van der Waals surface area contributed by atoms with Crippen LogP contribution in [0.2, 0.25) is 0 Å². The predicted molar refractivity (Wildman–Crippen MR) is 107 cm³/mol. The fourth-order valence-corrected chi connectivity index (χ4v) is 4.70. The first-order chi connectivity index (χ1) is 13.9. The Morgan fingerprint density at radius 3 is 2.52 bits per heavy atom. The highest BCUT2D eigenvalue weighted by Crippen LogP contribution is 2.30. The molecule has 3 N–H and O–H groups in total. The van der Waals surface area contributed by atoms with Gasteiger partial charge >= 0.3 is 6.18 Å². The maximum Gasteiger partial charge on any atom is 0.451 e. The summed E-state index contributed by atoms with van der Waals surface area (Å²) in [6.07, 6.45) is -4.58. The molecule has 4 rings (SSSR count). The van der Waals surface area contributed by atoms with Gasteiger partial charge in [-0.3, -0.25) is 0 Å². The van der Waals surface area contributed by atoms with Crippen molar-refractivity contribution < 1.29 is 23.0 Å². The molecule has 3 aromatic rings. The number of nitrogens with zero attached hydrogens (tertiary/aromatic N) is 2. The van der Waals surface area contributed by atoms with E-state index in [0.717, 1.165) is 26.2 Å². The molecule has 29 heavy (non-hydrogen) atoms. The number of hydrogen-bond acceptors (Lipinski definition) is 4. The normalized spacial score (nSPS) is 21.2. The molecule has 0 unspecified atom stereocenters. The summed E-state index contributed by atoms with van der Waals surface area (Å²) in [5, 5.41) is 5.87. The molecule has 1 fully saturated rings. The Morgan fingerprint density at radius 1 is 1.07 bits per heavy atom. The van der Waals surface area contributed by atoms with Gasteiger partial charge in [-0.25, -0.2) is 9.97 Å². The molecular weight excluding hydrogens is 399 g/mol. The van der Waals surface area contributed by atoms with Gasteiger partial charge in [0.2, 0.25) is 5.82 Å². The molecule has 9 heteroatoms. The minimum atomic E-state index is -4.58. The van der Waals surface area contributed by atoms with Gasteiger partial charge in [0, 0.05) is 5.39 Å². The summed E-state index contributed by atoms with van der Waals surface area (Å²) in [7, 11) is 2.20. The number of halogens is 3. The summed E-state index contributed by atoms with van der Waals surface area (Å²) < 4.78 is 39.9. The molecule has 1 aromatic carbocycles. The third kappa shape index (κ3) is 4.52. The fourth-order valence-electron chi connectivity index (χ4n) is 3.82. The number of benzene rings is 1. The molecule has 0 spiro atoms. The van der Waals surface area contributed by atoms with Crippen molar-refractivity contribution in [2.24, 2.45) is 0 Å². The van der Waals surface area contributed by atoms with E-state index in [1.807, 2.05) is 11.4 Å². The second-order valence-corrected chi connectivity index (χ2v) is 8.45. The zero-order chi connectivity index (χ0) is 20.4. The molecule has 1 atom stereocenters. The number of piperazine rings is 1. The second-order valence-electron chi connectivity index (χ2n) is 7.47. The van der Waals surface area contributed by atoms with Gasteiger partial charge in [-0.15, -0.1) is 11.3 Å². The molecule has 1 saturated heterocycles. The zero-order valence-corrected chi connectivity index (χ0v) is 16.9. The molecule has 3 heterocycles. The Hall–Kier alpha value is -2.23. The van der Waals surface area contributed by atoms with Crippen molar-refractivity contribution in [3.63, 3.8) is 0 Å². The third-order valence-electron chi connectivity index (χ3n) is 5.46. The summed E-state index contributed by atoms with van der Waals surface area (Å²) in [6, 6.07) is 11.1. The largest absolute Gasteiger partial charge is 0.451 e. The van der Waals surface area contributed by atoms with E-state index in [-0.39, 0.29) is 11.9 Å². The summed E-state index contributed by atoms with van der Waals surface area (Å²) in [5.74, 6) is -0.870. The highest BCUT2D eigenvalue weighted by atomic mass is 32.1. The van der Waals surface area contributed by atoms with Gasteiger partial charge < -0.3 is 15.1 Å².